The standard InChI is InChI=1S/C14H28N2O/c1-10(2)6-5-7-11(3)15-12(4)14(17)16-13-8-9-13/h10-13,15H,5-9H2,1-4H3,(H,16,17). The Balaban J connectivity index is 2.10. The van der Waals surface area contributed by atoms with E-state index in [1.54, 1.807) is 0 Å². The number of hydrogen-bond donors (Lipinski definition) is 2. The van der Waals surface area contributed by atoms with Crippen LogP contribution in [0.2, 0.25) is 0 Å². The summed E-state index contributed by atoms with van der Waals surface area (Å²) in [5.74, 6) is 0.931. The third-order valence-corrected chi connectivity index (χ3v) is 3.27. The molecule has 3 heteroatoms. The monoisotopic (exact) mass is 240 g/mol. The van der Waals surface area contributed by atoms with Crippen LogP contribution in [0.5, 0.6) is 0 Å². The fourth-order valence-electron chi connectivity index (χ4n) is 1.97. The van der Waals surface area contributed by atoms with Crippen molar-refractivity contribution in [2.75, 3.05) is 0 Å². The molecule has 3 nitrogen and oxygen atoms in total. The van der Waals surface area contributed by atoms with Gasteiger partial charge in [-0.2, -0.15) is 0 Å². The SMILES string of the molecule is CC(C)CCCC(C)NC(C)C(=O)NC1CC1. The topological polar surface area (TPSA) is 41.1 Å². The summed E-state index contributed by atoms with van der Waals surface area (Å²) in [5.41, 5.74) is 0. The van der Waals surface area contributed by atoms with Gasteiger partial charge in [0, 0.05) is 12.1 Å². The lowest BCUT2D eigenvalue weighted by atomic mass is 10.0. The van der Waals surface area contributed by atoms with Crippen LogP contribution >= 0.6 is 0 Å². The molecule has 2 N–H and O–H groups in total. The Morgan fingerprint density at radius 2 is 1.82 bits per heavy atom. The van der Waals surface area contributed by atoms with Crippen LogP contribution < -0.4 is 10.6 Å². The summed E-state index contributed by atoms with van der Waals surface area (Å²) in [7, 11) is 0. The highest BCUT2D eigenvalue weighted by atomic mass is 16.2. The molecule has 1 amide bonds. The summed E-state index contributed by atoms with van der Waals surface area (Å²) in [6.07, 6.45) is 5.97. The van der Waals surface area contributed by atoms with Crippen molar-refractivity contribution in [2.45, 2.75) is 77.9 Å². The van der Waals surface area contributed by atoms with Gasteiger partial charge in [-0.3, -0.25) is 4.79 Å². The smallest absolute Gasteiger partial charge is 0.237 e. The minimum absolute atomic E-state index is 0.0651. The van der Waals surface area contributed by atoms with Gasteiger partial charge in [0.05, 0.1) is 6.04 Å². The van der Waals surface area contributed by atoms with Crippen LogP contribution in [0.3, 0.4) is 0 Å². The van der Waals surface area contributed by atoms with Crippen LogP contribution in [0.1, 0.15) is 59.8 Å². The minimum Gasteiger partial charge on any atom is -0.352 e. The normalized spacial score (nSPS) is 19.1. The molecule has 0 spiro atoms. The molecular weight excluding hydrogens is 212 g/mol. The molecule has 2 unspecified atom stereocenters. The van der Waals surface area contributed by atoms with E-state index in [0.29, 0.717) is 12.1 Å². The van der Waals surface area contributed by atoms with Crippen LogP contribution in [0.25, 0.3) is 0 Å². The summed E-state index contributed by atoms with van der Waals surface area (Å²) < 4.78 is 0. The number of hydrogen-bond acceptors (Lipinski definition) is 2. The van der Waals surface area contributed by atoms with E-state index in [2.05, 4.69) is 31.4 Å². The fourth-order valence-corrected chi connectivity index (χ4v) is 1.97. The Morgan fingerprint density at radius 3 is 2.35 bits per heavy atom. The largest absolute Gasteiger partial charge is 0.352 e. The molecule has 2 atom stereocenters. The van der Waals surface area contributed by atoms with E-state index < -0.39 is 0 Å². The third-order valence-electron chi connectivity index (χ3n) is 3.27. The maximum atomic E-state index is 11.7. The molecular formula is C14H28N2O. The second kappa shape index (κ2) is 7.00. The third kappa shape index (κ3) is 6.67. The highest BCUT2D eigenvalue weighted by Crippen LogP contribution is 2.18. The Labute approximate surface area is 106 Å². The first kappa shape index (κ1) is 14.5. The first-order valence-electron chi connectivity index (χ1n) is 7.05. The zero-order chi connectivity index (χ0) is 12.8. The molecule has 0 aromatic heterocycles. The van der Waals surface area contributed by atoms with E-state index in [0.717, 1.165) is 25.2 Å². The van der Waals surface area contributed by atoms with Crippen molar-refractivity contribution in [3.8, 4) is 0 Å². The van der Waals surface area contributed by atoms with E-state index in [4.69, 9.17) is 0 Å². The molecule has 0 radical (unpaired) electrons. The molecule has 0 aromatic rings. The summed E-state index contributed by atoms with van der Waals surface area (Å²) in [5, 5.41) is 6.41. The van der Waals surface area contributed by atoms with Gasteiger partial charge >= 0.3 is 0 Å². The Bertz CT molecular complexity index is 236. The fraction of sp³-hybridized carbons (Fsp3) is 0.929. The lowest BCUT2D eigenvalue weighted by Gasteiger charge is -2.19. The predicted octanol–water partition coefficient (Wildman–Crippen LogP) is 2.46. The number of nitrogens with one attached hydrogen (secondary N) is 2. The summed E-state index contributed by atoms with van der Waals surface area (Å²) >= 11 is 0. The molecule has 0 bridgehead atoms. The molecule has 1 aliphatic carbocycles. The molecule has 1 rings (SSSR count). The first-order chi connectivity index (χ1) is 7.99. The highest BCUT2D eigenvalue weighted by molar-refractivity contribution is 5.81. The Kier molecular flexibility index (Phi) is 5.96. The van der Waals surface area contributed by atoms with Gasteiger partial charge in [0.1, 0.15) is 0 Å². The van der Waals surface area contributed by atoms with Crippen molar-refractivity contribution in [1.82, 2.24) is 10.6 Å². The van der Waals surface area contributed by atoms with Crippen LogP contribution in [0.4, 0.5) is 0 Å². The molecule has 1 saturated carbocycles. The van der Waals surface area contributed by atoms with Gasteiger partial charge in [0.25, 0.3) is 0 Å². The van der Waals surface area contributed by atoms with Crippen LogP contribution in [0, 0.1) is 5.92 Å². The number of carbonyl (C=O) groups is 1. The summed E-state index contributed by atoms with van der Waals surface area (Å²) in [6.45, 7) is 8.63. The molecule has 0 aromatic carbocycles. The number of carbonyl (C=O) groups excluding carboxylic acids is 1. The zero-order valence-electron chi connectivity index (χ0n) is 11.8. The zero-order valence-corrected chi connectivity index (χ0v) is 11.8. The summed E-state index contributed by atoms with van der Waals surface area (Å²) in [4.78, 5) is 11.7. The van der Waals surface area contributed by atoms with Crippen LogP contribution in [-0.4, -0.2) is 24.0 Å². The highest BCUT2D eigenvalue weighted by Gasteiger charge is 2.25. The number of rotatable bonds is 8. The first-order valence-corrected chi connectivity index (χ1v) is 7.05. The van der Waals surface area contributed by atoms with Crippen molar-refractivity contribution in [1.29, 1.82) is 0 Å². The van der Waals surface area contributed by atoms with Crippen molar-refractivity contribution < 1.29 is 4.79 Å². The van der Waals surface area contributed by atoms with E-state index in [-0.39, 0.29) is 11.9 Å². The average Bonchev–Trinajstić information content (AvgIpc) is 3.00. The van der Waals surface area contributed by atoms with E-state index in [1.807, 2.05) is 6.92 Å². The summed E-state index contributed by atoms with van der Waals surface area (Å²) in [6, 6.07) is 0.821. The maximum absolute atomic E-state index is 11.7. The minimum atomic E-state index is -0.0651. The van der Waals surface area contributed by atoms with Crippen molar-refractivity contribution >= 4 is 5.91 Å². The van der Waals surface area contributed by atoms with E-state index in [1.165, 1.54) is 12.8 Å². The molecule has 0 heterocycles. The number of amides is 1. The average molecular weight is 240 g/mol. The van der Waals surface area contributed by atoms with Crippen LogP contribution in [0.15, 0.2) is 0 Å². The van der Waals surface area contributed by atoms with Gasteiger partial charge in [-0.1, -0.05) is 26.7 Å². The molecule has 17 heavy (non-hydrogen) atoms. The second-order valence-corrected chi connectivity index (χ2v) is 5.90. The van der Waals surface area contributed by atoms with Gasteiger partial charge in [0.2, 0.25) is 5.91 Å². The van der Waals surface area contributed by atoms with E-state index >= 15 is 0 Å². The van der Waals surface area contributed by atoms with Crippen LogP contribution in [-0.2, 0) is 4.79 Å². The van der Waals surface area contributed by atoms with Gasteiger partial charge in [-0.05, 0) is 39.0 Å². The lowest BCUT2D eigenvalue weighted by Crippen LogP contribution is -2.46. The second-order valence-electron chi connectivity index (χ2n) is 5.90. The van der Waals surface area contributed by atoms with E-state index in [9.17, 15) is 4.79 Å². The molecule has 0 aliphatic heterocycles. The maximum Gasteiger partial charge on any atom is 0.237 e. The Hall–Kier alpha value is -0.570. The van der Waals surface area contributed by atoms with Crippen molar-refractivity contribution in [3.05, 3.63) is 0 Å². The van der Waals surface area contributed by atoms with Gasteiger partial charge in [-0.15, -0.1) is 0 Å². The Morgan fingerprint density at radius 1 is 1.18 bits per heavy atom. The van der Waals surface area contributed by atoms with Crippen molar-refractivity contribution in [3.63, 3.8) is 0 Å². The molecule has 1 fully saturated rings. The quantitative estimate of drug-likeness (QED) is 0.684. The van der Waals surface area contributed by atoms with Crippen molar-refractivity contribution in [2.24, 2.45) is 5.92 Å². The molecule has 0 saturated heterocycles. The van der Waals surface area contributed by atoms with Gasteiger partial charge in [-0.25, -0.2) is 0 Å². The lowest BCUT2D eigenvalue weighted by molar-refractivity contribution is -0.123. The van der Waals surface area contributed by atoms with Gasteiger partial charge < -0.3 is 10.6 Å². The molecule has 1 aliphatic rings. The predicted molar refractivity (Wildman–Crippen MR) is 71.9 cm³/mol. The molecule has 100 valence electrons. The van der Waals surface area contributed by atoms with Gasteiger partial charge in [0.15, 0.2) is 0 Å².